The van der Waals surface area contributed by atoms with E-state index in [9.17, 15) is 13.6 Å². The zero-order chi connectivity index (χ0) is 30.1. The van der Waals surface area contributed by atoms with Gasteiger partial charge < -0.3 is 14.2 Å². The lowest BCUT2D eigenvalue weighted by Crippen LogP contribution is -2.25. The number of carbonyl (C=O) groups is 1. The summed E-state index contributed by atoms with van der Waals surface area (Å²) in [6.07, 6.45) is 9.84. The Labute approximate surface area is 246 Å². The van der Waals surface area contributed by atoms with Crippen LogP contribution >= 0.6 is 0 Å². The summed E-state index contributed by atoms with van der Waals surface area (Å²) in [6.45, 7) is 6.66. The number of hydrogen-bond acceptors (Lipinski definition) is 4. The van der Waals surface area contributed by atoms with Crippen molar-refractivity contribution >= 4 is 5.97 Å². The topological polar surface area (TPSA) is 44.8 Å². The fourth-order valence-electron chi connectivity index (χ4n) is 6.06. The SMILES string of the molecule is C=CCCCOc1ccc(C(=O)OC2CCC(c3ccc(C4CCC(OCCCC)CC4)c(F)c3F)CC2)c(F)c1F. The molecule has 0 N–H and O–H groups in total. The van der Waals surface area contributed by atoms with Gasteiger partial charge in [0.25, 0.3) is 0 Å². The first kappa shape index (κ1) is 32.1. The Balaban J connectivity index is 1.29. The number of halogens is 4. The number of hydrogen-bond donors (Lipinski definition) is 0. The highest BCUT2D eigenvalue weighted by molar-refractivity contribution is 5.90. The molecule has 0 aromatic heterocycles. The lowest BCUT2D eigenvalue weighted by molar-refractivity contribution is 0.0187. The smallest absolute Gasteiger partial charge is 0.341 e. The summed E-state index contributed by atoms with van der Waals surface area (Å²) in [6, 6.07) is 5.80. The second-order valence-electron chi connectivity index (χ2n) is 11.5. The number of allylic oxidation sites excluding steroid dienone is 1. The van der Waals surface area contributed by atoms with E-state index in [1.807, 2.05) is 0 Å². The molecule has 2 saturated carbocycles. The van der Waals surface area contributed by atoms with Crippen LogP contribution in [0.3, 0.4) is 0 Å². The normalized spacial score (nSPS) is 22.5. The maximum absolute atomic E-state index is 15.3. The van der Waals surface area contributed by atoms with Gasteiger partial charge in [0.05, 0.1) is 18.3 Å². The molecular formula is C34H42F4O4. The van der Waals surface area contributed by atoms with Crippen molar-refractivity contribution in [3.05, 3.63) is 76.9 Å². The van der Waals surface area contributed by atoms with Crippen LogP contribution in [0.5, 0.6) is 5.75 Å². The summed E-state index contributed by atoms with van der Waals surface area (Å²) in [5.74, 6) is -5.55. The molecular weight excluding hydrogens is 548 g/mol. The molecule has 230 valence electrons. The molecule has 0 heterocycles. The average molecular weight is 591 g/mol. The van der Waals surface area contributed by atoms with Crippen LogP contribution in [0.4, 0.5) is 17.6 Å². The van der Waals surface area contributed by atoms with Gasteiger partial charge >= 0.3 is 5.97 Å². The van der Waals surface area contributed by atoms with Crippen molar-refractivity contribution < 1.29 is 36.6 Å². The van der Waals surface area contributed by atoms with Gasteiger partial charge in [-0.05, 0) is 106 Å². The van der Waals surface area contributed by atoms with E-state index in [1.165, 1.54) is 6.07 Å². The van der Waals surface area contributed by atoms with Crippen molar-refractivity contribution in [1.82, 2.24) is 0 Å². The lowest BCUT2D eigenvalue weighted by atomic mass is 9.79. The minimum Gasteiger partial charge on any atom is -0.490 e. The minimum atomic E-state index is -1.31. The highest BCUT2D eigenvalue weighted by atomic mass is 19.2. The van der Waals surface area contributed by atoms with Crippen LogP contribution in [0.15, 0.2) is 36.9 Å². The number of benzene rings is 2. The third kappa shape index (κ3) is 7.94. The van der Waals surface area contributed by atoms with Crippen molar-refractivity contribution in [1.29, 1.82) is 0 Å². The van der Waals surface area contributed by atoms with Gasteiger partial charge in [0.1, 0.15) is 6.10 Å². The molecule has 0 spiro atoms. The first-order chi connectivity index (χ1) is 20.3. The summed E-state index contributed by atoms with van der Waals surface area (Å²) in [7, 11) is 0. The molecule has 2 aromatic rings. The predicted molar refractivity (Wildman–Crippen MR) is 154 cm³/mol. The monoisotopic (exact) mass is 590 g/mol. The van der Waals surface area contributed by atoms with Gasteiger partial charge in [-0.15, -0.1) is 6.58 Å². The van der Waals surface area contributed by atoms with Crippen LogP contribution in [0.1, 0.15) is 117 Å². The van der Waals surface area contributed by atoms with E-state index in [2.05, 4.69) is 13.5 Å². The average Bonchev–Trinajstić information content (AvgIpc) is 3.00. The number of ether oxygens (including phenoxy) is 3. The molecule has 0 radical (unpaired) electrons. The molecule has 2 aliphatic rings. The van der Waals surface area contributed by atoms with E-state index in [0.717, 1.165) is 51.2 Å². The molecule has 0 saturated heterocycles. The Hall–Kier alpha value is -2.87. The third-order valence-electron chi connectivity index (χ3n) is 8.57. The van der Waals surface area contributed by atoms with Gasteiger partial charge in [-0.2, -0.15) is 4.39 Å². The quantitative estimate of drug-likeness (QED) is 0.101. The lowest BCUT2D eigenvalue weighted by Gasteiger charge is -2.31. The predicted octanol–water partition coefficient (Wildman–Crippen LogP) is 9.31. The molecule has 4 rings (SSSR count). The number of esters is 1. The molecule has 2 aliphatic carbocycles. The Morgan fingerprint density at radius 2 is 1.38 bits per heavy atom. The van der Waals surface area contributed by atoms with Crippen LogP contribution in [-0.4, -0.2) is 31.4 Å². The minimum absolute atomic E-state index is 0.0159. The van der Waals surface area contributed by atoms with Crippen molar-refractivity contribution in [2.24, 2.45) is 0 Å². The molecule has 0 bridgehead atoms. The third-order valence-corrected chi connectivity index (χ3v) is 8.57. The fraction of sp³-hybridized carbons (Fsp3) is 0.559. The van der Waals surface area contributed by atoms with E-state index in [-0.39, 0.29) is 30.3 Å². The van der Waals surface area contributed by atoms with E-state index in [1.54, 1.807) is 18.2 Å². The number of rotatable bonds is 13. The Morgan fingerprint density at radius 1 is 0.786 bits per heavy atom. The van der Waals surface area contributed by atoms with Crippen molar-refractivity contribution in [3.8, 4) is 5.75 Å². The summed E-state index contributed by atoms with van der Waals surface area (Å²) in [4.78, 5) is 12.6. The maximum atomic E-state index is 15.3. The van der Waals surface area contributed by atoms with Gasteiger partial charge in [0.2, 0.25) is 5.82 Å². The van der Waals surface area contributed by atoms with Crippen molar-refractivity contribution in [2.75, 3.05) is 13.2 Å². The first-order valence-electron chi connectivity index (χ1n) is 15.4. The molecule has 4 nitrogen and oxygen atoms in total. The second kappa shape index (κ2) is 15.6. The highest BCUT2D eigenvalue weighted by Crippen LogP contribution is 2.40. The molecule has 2 fully saturated rings. The van der Waals surface area contributed by atoms with Gasteiger partial charge in [-0.3, -0.25) is 0 Å². The molecule has 42 heavy (non-hydrogen) atoms. The zero-order valence-corrected chi connectivity index (χ0v) is 24.4. The van der Waals surface area contributed by atoms with Crippen LogP contribution in [0.2, 0.25) is 0 Å². The standard InChI is InChI=1S/C34H42F4O4/c1-3-5-7-21-41-29-19-18-28(32(37)33(29)38)34(39)42-25-14-10-23(11-15-25)27-17-16-26(30(35)31(27)36)22-8-12-24(13-9-22)40-20-6-4-2/h3,16-19,22-25H,1,4-15,20-21H2,2H3. The van der Waals surface area contributed by atoms with Crippen LogP contribution in [0.25, 0.3) is 0 Å². The first-order valence-corrected chi connectivity index (χ1v) is 15.4. The van der Waals surface area contributed by atoms with Crippen molar-refractivity contribution in [2.45, 2.75) is 108 Å². The molecule has 0 atom stereocenters. The van der Waals surface area contributed by atoms with Gasteiger partial charge in [0, 0.05) is 6.61 Å². The Bertz CT molecular complexity index is 1200. The maximum Gasteiger partial charge on any atom is 0.341 e. The van der Waals surface area contributed by atoms with Gasteiger partial charge in [-0.1, -0.05) is 31.6 Å². The fourth-order valence-corrected chi connectivity index (χ4v) is 6.06. The summed E-state index contributed by atoms with van der Waals surface area (Å²) >= 11 is 0. The molecule has 0 aliphatic heterocycles. The summed E-state index contributed by atoms with van der Waals surface area (Å²) in [5, 5.41) is 0. The Kier molecular flexibility index (Phi) is 11.9. The van der Waals surface area contributed by atoms with Gasteiger partial charge in [-0.25, -0.2) is 18.0 Å². The van der Waals surface area contributed by atoms with E-state index >= 15 is 8.78 Å². The second-order valence-corrected chi connectivity index (χ2v) is 11.5. The summed E-state index contributed by atoms with van der Waals surface area (Å²) < 4.78 is 76.2. The van der Waals surface area contributed by atoms with E-state index in [0.29, 0.717) is 49.7 Å². The molecule has 2 aromatic carbocycles. The van der Waals surface area contributed by atoms with E-state index in [4.69, 9.17) is 14.2 Å². The molecule has 0 unspecified atom stereocenters. The number of carbonyl (C=O) groups excluding carboxylic acids is 1. The van der Waals surface area contributed by atoms with Crippen molar-refractivity contribution in [3.63, 3.8) is 0 Å². The summed E-state index contributed by atoms with van der Waals surface area (Å²) in [5.41, 5.74) is 0.279. The van der Waals surface area contributed by atoms with Crippen LogP contribution in [-0.2, 0) is 9.47 Å². The largest absolute Gasteiger partial charge is 0.490 e. The van der Waals surface area contributed by atoms with Crippen LogP contribution < -0.4 is 4.74 Å². The Morgan fingerprint density at radius 3 is 1.95 bits per heavy atom. The van der Waals surface area contributed by atoms with Gasteiger partial charge in [0.15, 0.2) is 23.2 Å². The van der Waals surface area contributed by atoms with E-state index < -0.39 is 40.9 Å². The molecule has 0 amide bonds. The number of unbranched alkanes of at least 4 members (excludes halogenated alkanes) is 2. The molecule has 8 heteroatoms. The van der Waals surface area contributed by atoms with Crippen LogP contribution in [0, 0.1) is 23.3 Å². The zero-order valence-electron chi connectivity index (χ0n) is 24.4. The highest BCUT2D eigenvalue weighted by Gasteiger charge is 2.31.